The van der Waals surface area contributed by atoms with Gasteiger partial charge in [0.2, 0.25) is 5.78 Å². The summed E-state index contributed by atoms with van der Waals surface area (Å²) < 4.78 is 16.4. The Balaban J connectivity index is 1.65. The van der Waals surface area contributed by atoms with Gasteiger partial charge in [0.15, 0.2) is 22.9 Å². The van der Waals surface area contributed by atoms with E-state index in [9.17, 15) is 14.7 Å². The van der Waals surface area contributed by atoms with Crippen LogP contribution in [0.15, 0.2) is 82.5 Å². The summed E-state index contributed by atoms with van der Waals surface area (Å²) in [6.07, 6.45) is 0. The van der Waals surface area contributed by atoms with E-state index in [1.54, 1.807) is 60.7 Å². The molecule has 4 aromatic rings. The van der Waals surface area contributed by atoms with Crippen LogP contribution < -0.4 is 14.4 Å². The number of halogens is 1. The summed E-state index contributed by atoms with van der Waals surface area (Å²) in [7, 11) is 2.98. The number of furan rings is 1. The number of carbonyl (C=O) groups excluding carboxylic acids is 2. The Labute approximate surface area is 216 Å². The first-order chi connectivity index (χ1) is 17.9. The predicted octanol–water partition coefficient (Wildman–Crippen LogP) is 5.76. The highest BCUT2D eigenvalue weighted by molar-refractivity contribution is 6.31. The number of benzene rings is 3. The number of hydrogen-bond donors (Lipinski definition) is 1. The van der Waals surface area contributed by atoms with E-state index in [-0.39, 0.29) is 11.3 Å². The molecule has 0 aliphatic carbocycles. The zero-order chi connectivity index (χ0) is 26.3. The first-order valence-electron chi connectivity index (χ1n) is 11.1. The van der Waals surface area contributed by atoms with Crippen LogP contribution in [0.3, 0.4) is 0 Å². The lowest BCUT2D eigenvalue weighted by molar-refractivity contribution is -0.117. The van der Waals surface area contributed by atoms with E-state index in [0.29, 0.717) is 44.3 Å². The molecular formula is C28H19ClN2O6. The van der Waals surface area contributed by atoms with Crippen molar-refractivity contribution in [1.29, 1.82) is 5.26 Å². The summed E-state index contributed by atoms with van der Waals surface area (Å²) in [6.45, 7) is 0. The van der Waals surface area contributed by atoms with Crippen molar-refractivity contribution in [2.75, 3.05) is 19.1 Å². The molecule has 8 nitrogen and oxygen atoms in total. The van der Waals surface area contributed by atoms with Crippen molar-refractivity contribution in [3.63, 3.8) is 0 Å². The second-order valence-electron chi connectivity index (χ2n) is 8.24. The van der Waals surface area contributed by atoms with Crippen LogP contribution in [0.25, 0.3) is 11.0 Å². The van der Waals surface area contributed by atoms with Gasteiger partial charge in [-0.05, 0) is 54.1 Å². The van der Waals surface area contributed by atoms with E-state index in [1.165, 1.54) is 25.2 Å². The second-order valence-corrected chi connectivity index (χ2v) is 8.67. The number of ketones is 1. The average Bonchev–Trinajstić information content (AvgIpc) is 3.46. The quantitative estimate of drug-likeness (QED) is 0.325. The van der Waals surface area contributed by atoms with Gasteiger partial charge in [0, 0.05) is 22.2 Å². The molecular weight excluding hydrogens is 496 g/mol. The summed E-state index contributed by atoms with van der Waals surface area (Å²) in [5.74, 6) is -1.29. The summed E-state index contributed by atoms with van der Waals surface area (Å²) >= 11 is 6.16. The maximum Gasteiger partial charge on any atom is 0.294 e. The molecule has 9 heteroatoms. The van der Waals surface area contributed by atoms with Crippen LogP contribution >= 0.6 is 11.6 Å². The van der Waals surface area contributed by atoms with Gasteiger partial charge in [0.25, 0.3) is 5.91 Å². The number of carbonyl (C=O) groups is 2. The third-order valence-corrected chi connectivity index (χ3v) is 6.37. The molecule has 0 radical (unpaired) electrons. The molecule has 1 amide bonds. The second kappa shape index (κ2) is 9.37. The highest BCUT2D eigenvalue weighted by Gasteiger charge is 2.45. The lowest BCUT2D eigenvalue weighted by Gasteiger charge is -2.27. The fraction of sp³-hybridized carbons (Fsp3) is 0.107. The molecule has 1 aliphatic rings. The number of methoxy groups -OCH3 is 2. The predicted molar refractivity (Wildman–Crippen MR) is 136 cm³/mol. The SMILES string of the molecule is COc1ccc(C2C(C(=O)c3cc4cc(Cl)cc(OC)c4o3)=C(O)C(=O)N2c2ccc(C#N)cc2)cc1. The van der Waals surface area contributed by atoms with Crippen molar-refractivity contribution in [3.05, 3.63) is 100.0 Å². The van der Waals surface area contributed by atoms with E-state index in [0.717, 1.165) is 0 Å². The van der Waals surface area contributed by atoms with Crippen LogP contribution in [0.2, 0.25) is 5.02 Å². The number of aliphatic hydroxyl groups excluding tert-OH is 1. The van der Waals surface area contributed by atoms with Crippen molar-refractivity contribution in [1.82, 2.24) is 0 Å². The van der Waals surface area contributed by atoms with Crippen molar-refractivity contribution < 1.29 is 28.6 Å². The molecule has 0 bridgehead atoms. The summed E-state index contributed by atoms with van der Waals surface area (Å²) in [6, 6.07) is 18.8. The van der Waals surface area contributed by atoms with Gasteiger partial charge in [-0.25, -0.2) is 0 Å². The van der Waals surface area contributed by atoms with Gasteiger partial charge in [-0.1, -0.05) is 23.7 Å². The van der Waals surface area contributed by atoms with E-state index in [2.05, 4.69) is 0 Å². The summed E-state index contributed by atoms with van der Waals surface area (Å²) in [4.78, 5) is 28.5. The molecule has 37 heavy (non-hydrogen) atoms. The average molecular weight is 515 g/mol. The molecule has 1 aliphatic heterocycles. The smallest absolute Gasteiger partial charge is 0.294 e. The zero-order valence-corrected chi connectivity index (χ0v) is 20.4. The van der Waals surface area contributed by atoms with Crippen LogP contribution in [0.4, 0.5) is 5.69 Å². The molecule has 1 atom stereocenters. The van der Waals surface area contributed by atoms with Crippen LogP contribution in [0, 0.1) is 11.3 Å². The van der Waals surface area contributed by atoms with Crippen LogP contribution in [-0.2, 0) is 4.79 Å². The minimum absolute atomic E-state index is 0.0925. The standard InChI is InChI=1S/C28H19ClN2O6/c1-35-20-9-5-16(6-10-20)24-23(26(33)28(34)31(24)19-7-3-15(14-30)4-8-19)25(32)21-12-17-11-18(29)13-22(36-2)27(17)37-21/h3-13,24,33H,1-2H3. The van der Waals surface area contributed by atoms with Crippen molar-refractivity contribution in [3.8, 4) is 17.6 Å². The molecule has 1 unspecified atom stereocenters. The van der Waals surface area contributed by atoms with Crippen molar-refractivity contribution in [2.45, 2.75) is 6.04 Å². The molecule has 0 saturated heterocycles. The Morgan fingerprint density at radius 1 is 1.05 bits per heavy atom. The first kappa shape index (κ1) is 24.0. The monoisotopic (exact) mass is 514 g/mol. The minimum Gasteiger partial charge on any atom is -0.503 e. The van der Waals surface area contributed by atoms with E-state index in [1.807, 2.05) is 6.07 Å². The lowest BCUT2D eigenvalue weighted by atomic mass is 9.94. The molecule has 5 rings (SSSR count). The molecule has 0 saturated carbocycles. The molecule has 184 valence electrons. The fourth-order valence-corrected chi connectivity index (χ4v) is 4.60. The Bertz CT molecular complexity index is 1610. The number of nitriles is 1. The van der Waals surface area contributed by atoms with Crippen molar-refractivity contribution in [2.24, 2.45) is 0 Å². The molecule has 3 aromatic carbocycles. The zero-order valence-electron chi connectivity index (χ0n) is 19.7. The van der Waals surface area contributed by atoms with E-state index < -0.39 is 23.5 Å². The lowest BCUT2D eigenvalue weighted by Crippen LogP contribution is -2.31. The number of rotatable bonds is 6. The summed E-state index contributed by atoms with van der Waals surface area (Å²) in [5.41, 5.74) is 1.52. The van der Waals surface area contributed by atoms with Gasteiger partial charge >= 0.3 is 0 Å². The van der Waals surface area contributed by atoms with Crippen LogP contribution in [0.1, 0.15) is 27.7 Å². The number of Topliss-reactive ketones (excluding diaryl/α,β-unsaturated/α-hetero) is 1. The summed E-state index contributed by atoms with van der Waals surface area (Å²) in [5, 5.41) is 21.1. The number of anilines is 1. The number of aliphatic hydroxyl groups is 1. The topological polar surface area (TPSA) is 113 Å². The van der Waals surface area contributed by atoms with Gasteiger partial charge in [-0.2, -0.15) is 5.26 Å². The first-order valence-corrected chi connectivity index (χ1v) is 11.5. The molecule has 0 fully saturated rings. The molecule has 0 spiro atoms. The Kier molecular flexibility index (Phi) is 6.07. The third kappa shape index (κ3) is 4.05. The maximum atomic E-state index is 13.8. The number of amides is 1. The van der Waals surface area contributed by atoms with Gasteiger partial charge in [0.05, 0.1) is 37.5 Å². The van der Waals surface area contributed by atoms with E-state index in [4.69, 9.17) is 30.8 Å². The van der Waals surface area contributed by atoms with Gasteiger partial charge in [0.1, 0.15) is 5.75 Å². The highest BCUT2D eigenvalue weighted by Crippen LogP contribution is 2.43. The largest absolute Gasteiger partial charge is 0.503 e. The number of fused-ring (bicyclic) bond motifs is 1. The minimum atomic E-state index is -0.975. The van der Waals surface area contributed by atoms with Gasteiger partial charge < -0.3 is 19.0 Å². The Hall–Kier alpha value is -4.74. The van der Waals surface area contributed by atoms with Gasteiger partial charge in [-0.15, -0.1) is 0 Å². The Morgan fingerprint density at radius 2 is 1.76 bits per heavy atom. The highest BCUT2D eigenvalue weighted by atomic mass is 35.5. The fourth-order valence-electron chi connectivity index (χ4n) is 4.38. The van der Waals surface area contributed by atoms with Gasteiger partial charge in [-0.3, -0.25) is 14.5 Å². The number of hydrogen-bond acceptors (Lipinski definition) is 7. The Morgan fingerprint density at radius 3 is 2.38 bits per heavy atom. The molecule has 2 heterocycles. The number of ether oxygens (including phenoxy) is 2. The number of nitrogens with zero attached hydrogens (tertiary/aromatic N) is 2. The van der Waals surface area contributed by atoms with Crippen molar-refractivity contribution >= 4 is 39.9 Å². The molecule has 1 N–H and O–H groups in total. The normalized spacial score (nSPS) is 15.2. The molecule has 1 aromatic heterocycles. The van der Waals surface area contributed by atoms with Crippen LogP contribution in [-0.4, -0.2) is 31.0 Å². The van der Waals surface area contributed by atoms with Crippen LogP contribution in [0.5, 0.6) is 11.5 Å². The van der Waals surface area contributed by atoms with E-state index >= 15 is 0 Å². The third-order valence-electron chi connectivity index (χ3n) is 6.15. The maximum absolute atomic E-state index is 13.8.